The Balaban J connectivity index is 2.35. The summed E-state index contributed by atoms with van der Waals surface area (Å²) in [4.78, 5) is 12.8. The highest BCUT2D eigenvalue weighted by Crippen LogP contribution is 2.31. The number of anilines is 1. The molecule has 0 aliphatic carbocycles. The predicted molar refractivity (Wildman–Crippen MR) is 102 cm³/mol. The lowest BCUT2D eigenvalue weighted by molar-refractivity contribution is 0.102. The maximum absolute atomic E-state index is 12.8. The van der Waals surface area contributed by atoms with E-state index in [1.165, 1.54) is 5.56 Å². The van der Waals surface area contributed by atoms with Crippen LogP contribution in [0.1, 0.15) is 61.0 Å². The average Bonchev–Trinajstić information content (AvgIpc) is 2.61. The summed E-state index contributed by atoms with van der Waals surface area (Å²) in [5.41, 5.74) is 3.60. The first-order valence-electron chi connectivity index (χ1n) is 8.54. The number of carbonyl (C=O) groups excluding carboxylic acids is 1. The van der Waals surface area contributed by atoms with Crippen LogP contribution in [0.5, 0.6) is 11.5 Å². The SMILES string of the molecule is COc1ccc(NC(=O)c2ccc(C(C)C)cc2C(C)C)c(OC)c1. The van der Waals surface area contributed by atoms with Crippen molar-refractivity contribution >= 4 is 11.6 Å². The first-order chi connectivity index (χ1) is 11.9. The molecule has 0 bridgehead atoms. The summed E-state index contributed by atoms with van der Waals surface area (Å²) in [6.45, 7) is 8.51. The molecule has 0 aromatic heterocycles. The van der Waals surface area contributed by atoms with Gasteiger partial charge in [-0.1, -0.05) is 39.8 Å². The quantitative estimate of drug-likeness (QED) is 0.785. The fraction of sp³-hybridized carbons (Fsp3) is 0.381. The van der Waals surface area contributed by atoms with E-state index in [0.717, 1.165) is 5.56 Å². The van der Waals surface area contributed by atoms with Crippen molar-refractivity contribution in [3.63, 3.8) is 0 Å². The van der Waals surface area contributed by atoms with Crippen molar-refractivity contribution in [2.24, 2.45) is 0 Å². The van der Waals surface area contributed by atoms with E-state index in [2.05, 4.69) is 39.1 Å². The van der Waals surface area contributed by atoms with Gasteiger partial charge in [0, 0.05) is 11.6 Å². The fourth-order valence-electron chi connectivity index (χ4n) is 2.72. The van der Waals surface area contributed by atoms with Crippen LogP contribution in [0, 0.1) is 0 Å². The number of hydrogen-bond acceptors (Lipinski definition) is 3. The van der Waals surface area contributed by atoms with Crippen LogP contribution in [-0.2, 0) is 0 Å². The molecule has 2 aromatic carbocycles. The van der Waals surface area contributed by atoms with Gasteiger partial charge in [0.05, 0.1) is 19.9 Å². The summed E-state index contributed by atoms with van der Waals surface area (Å²) < 4.78 is 10.6. The van der Waals surface area contributed by atoms with Crippen molar-refractivity contribution in [3.05, 3.63) is 53.1 Å². The smallest absolute Gasteiger partial charge is 0.256 e. The lowest BCUT2D eigenvalue weighted by atomic mass is 9.91. The Morgan fingerprint density at radius 2 is 1.64 bits per heavy atom. The van der Waals surface area contributed by atoms with Crippen LogP contribution in [0.4, 0.5) is 5.69 Å². The molecule has 4 nitrogen and oxygen atoms in total. The molecule has 2 aromatic rings. The van der Waals surface area contributed by atoms with E-state index < -0.39 is 0 Å². The number of carbonyl (C=O) groups is 1. The van der Waals surface area contributed by atoms with E-state index >= 15 is 0 Å². The Morgan fingerprint density at radius 3 is 2.20 bits per heavy atom. The van der Waals surface area contributed by atoms with E-state index in [1.54, 1.807) is 32.4 Å². The topological polar surface area (TPSA) is 47.6 Å². The lowest BCUT2D eigenvalue weighted by Gasteiger charge is -2.17. The van der Waals surface area contributed by atoms with E-state index in [1.807, 2.05) is 12.1 Å². The minimum absolute atomic E-state index is 0.137. The number of nitrogens with one attached hydrogen (secondary N) is 1. The Morgan fingerprint density at radius 1 is 0.920 bits per heavy atom. The van der Waals surface area contributed by atoms with Crippen LogP contribution in [0.3, 0.4) is 0 Å². The molecule has 134 valence electrons. The molecule has 0 saturated heterocycles. The maximum atomic E-state index is 12.8. The largest absolute Gasteiger partial charge is 0.497 e. The van der Waals surface area contributed by atoms with Gasteiger partial charge in [-0.25, -0.2) is 0 Å². The van der Waals surface area contributed by atoms with Gasteiger partial charge >= 0.3 is 0 Å². The Bertz CT molecular complexity index is 751. The second-order valence-corrected chi connectivity index (χ2v) is 6.68. The summed E-state index contributed by atoms with van der Waals surface area (Å²) >= 11 is 0. The predicted octanol–water partition coefficient (Wildman–Crippen LogP) is 5.20. The van der Waals surface area contributed by atoms with Gasteiger partial charge in [-0.05, 0) is 41.2 Å². The third-order valence-electron chi connectivity index (χ3n) is 4.27. The first-order valence-corrected chi connectivity index (χ1v) is 8.54. The summed E-state index contributed by atoms with van der Waals surface area (Å²) in [5.74, 6) is 1.80. The Hall–Kier alpha value is -2.49. The van der Waals surface area contributed by atoms with Crippen molar-refractivity contribution in [1.82, 2.24) is 0 Å². The fourth-order valence-corrected chi connectivity index (χ4v) is 2.72. The van der Waals surface area contributed by atoms with Crippen LogP contribution >= 0.6 is 0 Å². The molecule has 25 heavy (non-hydrogen) atoms. The number of hydrogen-bond donors (Lipinski definition) is 1. The van der Waals surface area contributed by atoms with Gasteiger partial charge in [0.25, 0.3) is 5.91 Å². The van der Waals surface area contributed by atoms with Crippen LogP contribution in [0.25, 0.3) is 0 Å². The molecule has 0 saturated carbocycles. The standard InChI is InChI=1S/C21H27NO3/c1-13(2)15-7-9-17(18(11-15)14(3)4)21(23)22-19-10-8-16(24-5)12-20(19)25-6/h7-14H,1-6H3,(H,22,23). The van der Waals surface area contributed by atoms with E-state index in [4.69, 9.17) is 9.47 Å². The highest BCUT2D eigenvalue weighted by atomic mass is 16.5. The third kappa shape index (κ3) is 4.32. The summed E-state index contributed by atoms with van der Waals surface area (Å²) in [6, 6.07) is 11.4. The van der Waals surface area contributed by atoms with Crippen LogP contribution in [-0.4, -0.2) is 20.1 Å². The Labute approximate surface area is 150 Å². The number of rotatable bonds is 6. The molecule has 1 amide bonds. The van der Waals surface area contributed by atoms with Crippen molar-refractivity contribution in [1.29, 1.82) is 0 Å². The minimum Gasteiger partial charge on any atom is -0.497 e. The summed E-state index contributed by atoms with van der Waals surface area (Å²) in [5, 5.41) is 2.95. The van der Waals surface area contributed by atoms with Crippen molar-refractivity contribution in [2.45, 2.75) is 39.5 Å². The minimum atomic E-state index is -0.137. The normalized spacial score (nSPS) is 10.9. The van der Waals surface area contributed by atoms with Gasteiger partial charge in [-0.3, -0.25) is 4.79 Å². The first kappa shape index (κ1) is 18.8. The molecule has 0 aliphatic rings. The molecule has 0 spiro atoms. The molecule has 4 heteroatoms. The van der Waals surface area contributed by atoms with Gasteiger partial charge in [-0.15, -0.1) is 0 Å². The zero-order valence-corrected chi connectivity index (χ0v) is 15.8. The molecule has 0 unspecified atom stereocenters. The van der Waals surface area contributed by atoms with Crippen molar-refractivity contribution < 1.29 is 14.3 Å². The number of ether oxygens (including phenoxy) is 2. The lowest BCUT2D eigenvalue weighted by Crippen LogP contribution is -2.16. The molecular formula is C21H27NO3. The monoisotopic (exact) mass is 341 g/mol. The summed E-state index contributed by atoms with van der Waals surface area (Å²) in [6.07, 6.45) is 0. The molecule has 1 N–H and O–H groups in total. The molecule has 0 atom stereocenters. The second kappa shape index (κ2) is 8.06. The van der Waals surface area contributed by atoms with Crippen LogP contribution in [0.15, 0.2) is 36.4 Å². The van der Waals surface area contributed by atoms with E-state index in [0.29, 0.717) is 28.7 Å². The Kier molecular flexibility index (Phi) is 6.07. The molecule has 2 rings (SSSR count). The van der Waals surface area contributed by atoms with Gasteiger partial charge in [0.1, 0.15) is 11.5 Å². The van der Waals surface area contributed by atoms with Gasteiger partial charge < -0.3 is 14.8 Å². The second-order valence-electron chi connectivity index (χ2n) is 6.68. The molecule has 0 heterocycles. The number of amides is 1. The number of benzene rings is 2. The van der Waals surface area contributed by atoms with Gasteiger partial charge in [0.2, 0.25) is 0 Å². The van der Waals surface area contributed by atoms with Crippen LogP contribution in [0.2, 0.25) is 0 Å². The van der Waals surface area contributed by atoms with Gasteiger partial charge in [-0.2, -0.15) is 0 Å². The molecular weight excluding hydrogens is 314 g/mol. The third-order valence-corrected chi connectivity index (χ3v) is 4.27. The highest BCUT2D eigenvalue weighted by Gasteiger charge is 2.17. The maximum Gasteiger partial charge on any atom is 0.256 e. The molecule has 0 radical (unpaired) electrons. The van der Waals surface area contributed by atoms with Crippen molar-refractivity contribution in [3.8, 4) is 11.5 Å². The van der Waals surface area contributed by atoms with E-state index in [-0.39, 0.29) is 11.8 Å². The number of methoxy groups -OCH3 is 2. The van der Waals surface area contributed by atoms with E-state index in [9.17, 15) is 4.79 Å². The molecule has 0 aliphatic heterocycles. The summed E-state index contributed by atoms with van der Waals surface area (Å²) in [7, 11) is 3.17. The zero-order valence-electron chi connectivity index (χ0n) is 15.8. The van der Waals surface area contributed by atoms with Crippen molar-refractivity contribution in [2.75, 3.05) is 19.5 Å². The van der Waals surface area contributed by atoms with Gasteiger partial charge in [0.15, 0.2) is 0 Å². The molecule has 0 fully saturated rings. The van der Waals surface area contributed by atoms with Crippen LogP contribution < -0.4 is 14.8 Å². The average molecular weight is 341 g/mol. The highest BCUT2D eigenvalue weighted by molar-refractivity contribution is 6.06. The zero-order chi connectivity index (χ0) is 18.6.